The Kier molecular flexibility index (Phi) is 3.13. The molecule has 1 saturated heterocycles. The number of aliphatic hydroxyl groups excluding tert-OH is 1. The normalized spacial score (nSPS) is 26.9. The number of aromatic nitrogens is 2. The Morgan fingerprint density at radius 3 is 2.88 bits per heavy atom. The molecule has 1 unspecified atom stereocenters. The zero-order valence-electron chi connectivity index (χ0n) is 8.30. The predicted octanol–water partition coefficient (Wildman–Crippen LogP) is -0.229. The number of alkyl halides is 1. The van der Waals surface area contributed by atoms with Gasteiger partial charge in [0.25, 0.3) is 5.56 Å². The zero-order valence-corrected chi connectivity index (χ0v) is 9.05. The van der Waals surface area contributed by atoms with Gasteiger partial charge >= 0.3 is 5.69 Å². The Balaban J connectivity index is 2.21. The van der Waals surface area contributed by atoms with Crippen LogP contribution in [0.25, 0.3) is 0 Å². The van der Waals surface area contributed by atoms with Crippen LogP contribution in [0.15, 0.2) is 21.9 Å². The summed E-state index contributed by atoms with van der Waals surface area (Å²) >= 11 is 5.49. The summed E-state index contributed by atoms with van der Waals surface area (Å²) in [4.78, 5) is 24.4. The van der Waals surface area contributed by atoms with E-state index in [0.29, 0.717) is 12.8 Å². The van der Waals surface area contributed by atoms with E-state index in [9.17, 15) is 9.59 Å². The van der Waals surface area contributed by atoms with Crippen molar-refractivity contribution in [1.29, 1.82) is 0 Å². The maximum absolute atomic E-state index is 11.4. The third kappa shape index (κ3) is 2.18. The molecule has 0 bridgehead atoms. The molecule has 1 aromatic rings. The number of ether oxygens (including phenoxy) is 1. The SMILES string of the molecule is O=c1ccn([C@H]2CC[C@@H](C(O)Cl)O2)c(=O)[nH]1. The standard InChI is InChI=1S/C9H11ClN2O4/c10-8(14)5-1-2-7(16-5)12-4-3-6(13)11-9(12)15/h3-5,7-8,14H,1-2H2,(H,11,13,15)/t5-,7+,8?/m0/s1. The van der Waals surface area contributed by atoms with Crippen LogP contribution in [0.1, 0.15) is 19.1 Å². The summed E-state index contributed by atoms with van der Waals surface area (Å²) in [7, 11) is 0. The fourth-order valence-electron chi connectivity index (χ4n) is 1.71. The van der Waals surface area contributed by atoms with Gasteiger partial charge in [0.05, 0.1) is 0 Å². The molecule has 7 heteroatoms. The average molecular weight is 247 g/mol. The molecule has 2 heterocycles. The topological polar surface area (TPSA) is 84.3 Å². The molecule has 2 N–H and O–H groups in total. The highest BCUT2D eigenvalue weighted by Gasteiger charge is 2.31. The van der Waals surface area contributed by atoms with Crippen molar-refractivity contribution < 1.29 is 9.84 Å². The van der Waals surface area contributed by atoms with Crippen molar-refractivity contribution in [2.45, 2.75) is 30.7 Å². The highest BCUT2D eigenvalue weighted by molar-refractivity contribution is 6.19. The minimum absolute atomic E-state index is 0.451. The number of rotatable bonds is 2. The first-order chi connectivity index (χ1) is 7.58. The number of halogens is 1. The molecule has 16 heavy (non-hydrogen) atoms. The third-order valence-corrected chi connectivity index (χ3v) is 2.78. The summed E-state index contributed by atoms with van der Waals surface area (Å²) in [6.07, 6.45) is 1.55. The van der Waals surface area contributed by atoms with Gasteiger partial charge in [0.15, 0.2) is 5.56 Å². The predicted molar refractivity (Wildman–Crippen MR) is 56.3 cm³/mol. The largest absolute Gasteiger partial charge is 0.375 e. The van der Waals surface area contributed by atoms with Gasteiger partial charge in [0.1, 0.15) is 12.3 Å². The van der Waals surface area contributed by atoms with Crippen molar-refractivity contribution in [3.63, 3.8) is 0 Å². The van der Waals surface area contributed by atoms with Crippen LogP contribution in [0, 0.1) is 0 Å². The lowest BCUT2D eigenvalue weighted by atomic mass is 10.2. The van der Waals surface area contributed by atoms with E-state index in [0.717, 1.165) is 0 Å². The second kappa shape index (κ2) is 4.40. The van der Waals surface area contributed by atoms with Gasteiger partial charge in [-0.2, -0.15) is 0 Å². The summed E-state index contributed by atoms with van der Waals surface area (Å²) in [5, 5.41) is 9.13. The number of aromatic amines is 1. The second-order valence-electron chi connectivity index (χ2n) is 3.60. The van der Waals surface area contributed by atoms with Crippen LogP contribution in [0.5, 0.6) is 0 Å². The Bertz CT molecular complexity index is 481. The van der Waals surface area contributed by atoms with E-state index in [1.54, 1.807) is 0 Å². The fraction of sp³-hybridized carbons (Fsp3) is 0.556. The Morgan fingerprint density at radius 2 is 2.31 bits per heavy atom. The molecule has 0 aliphatic carbocycles. The van der Waals surface area contributed by atoms with Crippen molar-refractivity contribution in [3.8, 4) is 0 Å². The minimum atomic E-state index is -1.08. The number of nitrogens with zero attached hydrogens (tertiary/aromatic N) is 1. The number of hydrogen-bond donors (Lipinski definition) is 2. The van der Waals surface area contributed by atoms with E-state index in [1.807, 2.05) is 0 Å². The first-order valence-corrected chi connectivity index (χ1v) is 5.30. The number of nitrogens with one attached hydrogen (secondary N) is 1. The van der Waals surface area contributed by atoms with Crippen molar-refractivity contribution in [3.05, 3.63) is 33.1 Å². The molecule has 6 nitrogen and oxygen atoms in total. The Labute approximate surface area is 95.4 Å². The maximum Gasteiger partial charge on any atom is 0.330 e. The summed E-state index contributed by atoms with van der Waals surface area (Å²) in [6.45, 7) is 0. The van der Waals surface area contributed by atoms with Gasteiger partial charge in [-0.25, -0.2) is 4.79 Å². The van der Waals surface area contributed by atoms with Crippen LogP contribution >= 0.6 is 11.6 Å². The minimum Gasteiger partial charge on any atom is -0.375 e. The summed E-state index contributed by atoms with van der Waals surface area (Å²) in [6, 6.07) is 1.25. The van der Waals surface area contributed by atoms with Crippen molar-refractivity contribution in [2.24, 2.45) is 0 Å². The second-order valence-corrected chi connectivity index (χ2v) is 4.04. The molecule has 1 fully saturated rings. The molecular weight excluding hydrogens is 236 g/mol. The lowest BCUT2D eigenvalue weighted by Crippen LogP contribution is -2.32. The molecule has 1 aromatic heterocycles. The quantitative estimate of drug-likeness (QED) is 0.706. The first-order valence-electron chi connectivity index (χ1n) is 4.87. The van der Waals surface area contributed by atoms with Crippen LogP contribution in [0.3, 0.4) is 0 Å². The average Bonchev–Trinajstić information content (AvgIpc) is 2.66. The third-order valence-electron chi connectivity index (χ3n) is 2.50. The Hall–Kier alpha value is -1.11. The van der Waals surface area contributed by atoms with Gasteiger partial charge in [0, 0.05) is 12.3 Å². The highest BCUT2D eigenvalue weighted by atomic mass is 35.5. The van der Waals surface area contributed by atoms with Crippen molar-refractivity contribution >= 4 is 11.6 Å². The monoisotopic (exact) mass is 246 g/mol. The number of aliphatic hydroxyl groups is 1. The molecule has 2 rings (SSSR count). The molecule has 0 saturated carbocycles. The lowest BCUT2D eigenvalue weighted by Gasteiger charge is -2.15. The molecule has 1 aliphatic rings. The van der Waals surface area contributed by atoms with Gasteiger partial charge in [-0.1, -0.05) is 11.6 Å². The van der Waals surface area contributed by atoms with Crippen LogP contribution in [-0.4, -0.2) is 26.3 Å². The van der Waals surface area contributed by atoms with Gasteiger partial charge in [0.2, 0.25) is 0 Å². The Morgan fingerprint density at radius 1 is 1.56 bits per heavy atom. The van der Waals surface area contributed by atoms with Gasteiger partial charge in [-0.3, -0.25) is 14.3 Å². The van der Waals surface area contributed by atoms with Crippen LogP contribution in [-0.2, 0) is 4.74 Å². The van der Waals surface area contributed by atoms with Crippen molar-refractivity contribution in [2.75, 3.05) is 0 Å². The zero-order chi connectivity index (χ0) is 11.7. The summed E-state index contributed by atoms with van der Waals surface area (Å²) < 4.78 is 6.67. The number of hydrogen-bond acceptors (Lipinski definition) is 4. The number of H-pyrrole nitrogens is 1. The lowest BCUT2D eigenvalue weighted by molar-refractivity contribution is -0.0365. The van der Waals surface area contributed by atoms with E-state index in [1.165, 1.54) is 16.8 Å². The van der Waals surface area contributed by atoms with E-state index >= 15 is 0 Å². The summed E-state index contributed by atoms with van der Waals surface area (Å²) in [5.41, 5.74) is -2.06. The van der Waals surface area contributed by atoms with Crippen molar-refractivity contribution in [1.82, 2.24) is 9.55 Å². The van der Waals surface area contributed by atoms with Gasteiger partial charge < -0.3 is 9.84 Å². The molecule has 0 radical (unpaired) electrons. The summed E-state index contributed by atoms with van der Waals surface area (Å²) in [5.74, 6) is 0. The van der Waals surface area contributed by atoms with E-state index in [-0.39, 0.29) is 0 Å². The molecule has 0 aromatic carbocycles. The molecular formula is C9H11ClN2O4. The highest BCUT2D eigenvalue weighted by Crippen LogP contribution is 2.29. The molecule has 0 amide bonds. The first kappa shape index (κ1) is 11.4. The van der Waals surface area contributed by atoms with Gasteiger partial charge in [-0.05, 0) is 12.8 Å². The van der Waals surface area contributed by atoms with Crippen LogP contribution in [0.2, 0.25) is 0 Å². The maximum atomic E-state index is 11.4. The molecule has 0 spiro atoms. The van der Waals surface area contributed by atoms with E-state index in [4.69, 9.17) is 21.4 Å². The van der Waals surface area contributed by atoms with Gasteiger partial charge in [-0.15, -0.1) is 0 Å². The molecule has 3 atom stereocenters. The van der Waals surface area contributed by atoms with Crippen LogP contribution < -0.4 is 11.2 Å². The van der Waals surface area contributed by atoms with Crippen LogP contribution in [0.4, 0.5) is 0 Å². The van der Waals surface area contributed by atoms with E-state index in [2.05, 4.69) is 4.98 Å². The fourth-order valence-corrected chi connectivity index (χ4v) is 1.89. The van der Waals surface area contributed by atoms with E-state index < -0.39 is 29.1 Å². The smallest absolute Gasteiger partial charge is 0.330 e. The molecule has 88 valence electrons. The molecule has 1 aliphatic heterocycles.